The van der Waals surface area contributed by atoms with Crippen LogP contribution in [0.5, 0.6) is 0 Å². The molecular weight excluding hydrogens is 192 g/mol. The first kappa shape index (κ1) is 11.9. The molecule has 1 aromatic rings. The van der Waals surface area contributed by atoms with Gasteiger partial charge in [0.05, 0.1) is 6.10 Å². The molecule has 84 valence electrons. The highest BCUT2D eigenvalue weighted by molar-refractivity contribution is 5.15. The molecule has 0 aromatic carbocycles. The number of hydrogen-bond acceptors (Lipinski definition) is 3. The first-order valence-electron chi connectivity index (χ1n) is 5.13. The number of nitrogens with two attached hydrogens (primary N) is 1. The summed E-state index contributed by atoms with van der Waals surface area (Å²) in [5.41, 5.74) is 6.94. The standard InChI is InChI=1S/C11H18N2O2/c1-8-3-4-10(7-12)11(15)13(8)6-5-9(2)14/h3-4,9,14H,5-7,12H2,1-2H3. The van der Waals surface area contributed by atoms with Crippen LogP contribution in [-0.4, -0.2) is 15.8 Å². The Morgan fingerprint density at radius 1 is 1.53 bits per heavy atom. The van der Waals surface area contributed by atoms with E-state index in [4.69, 9.17) is 5.73 Å². The third kappa shape index (κ3) is 2.91. The van der Waals surface area contributed by atoms with E-state index in [2.05, 4.69) is 0 Å². The van der Waals surface area contributed by atoms with Gasteiger partial charge in [0.2, 0.25) is 0 Å². The van der Waals surface area contributed by atoms with Crippen molar-refractivity contribution in [3.8, 4) is 0 Å². The minimum Gasteiger partial charge on any atom is -0.393 e. The summed E-state index contributed by atoms with van der Waals surface area (Å²) in [6.07, 6.45) is 0.187. The highest BCUT2D eigenvalue weighted by atomic mass is 16.3. The van der Waals surface area contributed by atoms with Gasteiger partial charge in [-0.05, 0) is 26.3 Å². The molecule has 1 atom stereocenters. The SMILES string of the molecule is Cc1ccc(CN)c(=O)n1CCC(C)O. The maximum Gasteiger partial charge on any atom is 0.255 e. The third-order valence-electron chi connectivity index (χ3n) is 2.46. The fourth-order valence-electron chi connectivity index (χ4n) is 1.47. The summed E-state index contributed by atoms with van der Waals surface area (Å²) in [6.45, 7) is 4.39. The van der Waals surface area contributed by atoms with Crippen molar-refractivity contribution in [2.24, 2.45) is 5.73 Å². The molecule has 1 rings (SSSR count). The van der Waals surface area contributed by atoms with Crippen molar-refractivity contribution >= 4 is 0 Å². The van der Waals surface area contributed by atoms with Gasteiger partial charge >= 0.3 is 0 Å². The smallest absolute Gasteiger partial charge is 0.255 e. The normalized spacial score (nSPS) is 12.8. The van der Waals surface area contributed by atoms with Crippen molar-refractivity contribution in [2.75, 3.05) is 0 Å². The molecule has 0 aliphatic rings. The van der Waals surface area contributed by atoms with Gasteiger partial charge in [0.15, 0.2) is 0 Å². The topological polar surface area (TPSA) is 68.2 Å². The molecule has 4 nitrogen and oxygen atoms in total. The maximum atomic E-state index is 11.8. The number of rotatable bonds is 4. The summed E-state index contributed by atoms with van der Waals surface area (Å²) in [6, 6.07) is 3.64. The molecule has 0 amide bonds. The maximum absolute atomic E-state index is 11.8. The number of nitrogens with zero attached hydrogens (tertiary/aromatic N) is 1. The van der Waals surface area contributed by atoms with Crippen molar-refractivity contribution in [3.05, 3.63) is 33.7 Å². The predicted molar refractivity (Wildman–Crippen MR) is 59.6 cm³/mol. The van der Waals surface area contributed by atoms with Gasteiger partial charge in [0.25, 0.3) is 5.56 Å². The zero-order valence-corrected chi connectivity index (χ0v) is 9.23. The van der Waals surface area contributed by atoms with Gasteiger partial charge in [-0.25, -0.2) is 0 Å². The van der Waals surface area contributed by atoms with Gasteiger partial charge in [-0.3, -0.25) is 4.79 Å². The minimum atomic E-state index is -0.391. The van der Waals surface area contributed by atoms with Crippen LogP contribution >= 0.6 is 0 Å². The average molecular weight is 210 g/mol. The molecule has 0 aliphatic heterocycles. The van der Waals surface area contributed by atoms with Crippen molar-refractivity contribution in [3.63, 3.8) is 0 Å². The number of hydrogen-bond donors (Lipinski definition) is 2. The van der Waals surface area contributed by atoms with Gasteiger partial charge in [-0.15, -0.1) is 0 Å². The molecule has 0 saturated heterocycles. The molecule has 0 spiro atoms. The number of aliphatic hydroxyl groups excluding tert-OH is 1. The molecule has 1 aromatic heterocycles. The van der Waals surface area contributed by atoms with E-state index in [9.17, 15) is 9.90 Å². The second kappa shape index (κ2) is 5.09. The number of aryl methyl sites for hydroxylation is 1. The summed E-state index contributed by atoms with van der Waals surface area (Å²) in [4.78, 5) is 11.8. The number of aromatic nitrogens is 1. The van der Waals surface area contributed by atoms with Gasteiger partial charge < -0.3 is 15.4 Å². The molecule has 1 heterocycles. The monoisotopic (exact) mass is 210 g/mol. The summed E-state index contributed by atoms with van der Waals surface area (Å²) in [5, 5.41) is 9.18. The van der Waals surface area contributed by atoms with Crippen LogP contribution in [0.4, 0.5) is 0 Å². The van der Waals surface area contributed by atoms with E-state index in [0.29, 0.717) is 18.5 Å². The molecule has 0 aliphatic carbocycles. The Bertz CT molecular complexity index is 383. The molecule has 0 fully saturated rings. The van der Waals surface area contributed by atoms with Crippen LogP contribution < -0.4 is 11.3 Å². The molecular formula is C11H18N2O2. The van der Waals surface area contributed by atoms with Crippen molar-refractivity contribution < 1.29 is 5.11 Å². The molecule has 4 heteroatoms. The number of pyridine rings is 1. The van der Waals surface area contributed by atoms with E-state index in [1.807, 2.05) is 13.0 Å². The Kier molecular flexibility index (Phi) is 4.05. The van der Waals surface area contributed by atoms with Gasteiger partial charge in [-0.1, -0.05) is 6.07 Å². The van der Waals surface area contributed by atoms with Crippen LogP contribution in [0.25, 0.3) is 0 Å². The Morgan fingerprint density at radius 2 is 2.20 bits per heavy atom. The zero-order valence-electron chi connectivity index (χ0n) is 9.23. The molecule has 0 saturated carbocycles. The number of aliphatic hydroxyl groups is 1. The fourth-order valence-corrected chi connectivity index (χ4v) is 1.47. The summed E-state index contributed by atoms with van der Waals surface area (Å²) >= 11 is 0. The largest absolute Gasteiger partial charge is 0.393 e. The Hall–Kier alpha value is -1.13. The first-order chi connectivity index (χ1) is 7.06. The van der Waals surface area contributed by atoms with Gasteiger partial charge in [-0.2, -0.15) is 0 Å². The van der Waals surface area contributed by atoms with Crippen LogP contribution in [0, 0.1) is 6.92 Å². The third-order valence-corrected chi connectivity index (χ3v) is 2.46. The Labute approximate surface area is 89.3 Å². The van der Waals surface area contributed by atoms with E-state index in [0.717, 1.165) is 5.69 Å². The highest BCUT2D eigenvalue weighted by Gasteiger charge is 2.05. The quantitative estimate of drug-likeness (QED) is 0.755. The van der Waals surface area contributed by atoms with Crippen molar-refractivity contribution in [1.29, 1.82) is 0 Å². The van der Waals surface area contributed by atoms with Gasteiger partial charge in [0.1, 0.15) is 0 Å². The average Bonchev–Trinajstić information content (AvgIpc) is 2.17. The molecule has 0 bridgehead atoms. The lowest BCUT2D eigenvalue weighted by Gasteiger charge is -2.12. The molecule has 0 radical (unpaired) electrons. The van der Waals surface area contributed by atoms with E-state index in [1.54, 1.807) is 17.6 Å². The van der Waals surface area contributed by atoms with E-state index in [1.165, 1.54) is 0 Å². The Morgan fingerprint density at radius 3 is 2.73 bits per heavy atom. The fraction of sp³-hybridized carbons (Fsp3) is 0.545. The van der Waals surface area contributed by atoms with E-state index in [-0.39, 0.29) is 12.1 Å². The van der Waals surface area contributed by atoms with E-state index >= 15 is 0 Å². The highest BCUT2D eigenvalue weighted by Crippen LogP contribution is 2.01. The van der Waals surface area contributed by atoms with Crippen LogP contribution in [0.15, 0.2) is 16.9 Å². The second-order valence-corrected chi connectivity index (χ2v) is 3.80. The summed E-state index contributed by atoms with van der Waals surface area (Å²) < 4.78 is 1.66. The van der Waals surface area contributed by atoms with E-state index < -0.39 is 6.10 Å². The van der Waals surface area contributed by atoms with Crippen LogP contribution in [0.2, 0.25) is 0 Å². The summed E-state index contributed by atoms with van der Waals surface area (Å²) in [7, 11) is 0. The zero-order chi connectivity index (χ0) is 11.4. The van der Waals surface area contributed by atoms with Crippen LogP contribution in [0.1, 0.15) is 24.6 Å². The lowest BCUT2D eigenvalue weighted by molar-refractivity contribution is 0.177. The van der Waals surface area contributed by atoms with Crippen LogP contribution in [-0.2, 0) is 13.1 Å². The van der Waals surface area contributed by atoms with Crippen molar-refractivity contribution in [1.82, 2.24) is 4.57 Å². The lowest BCUT2D eigenvalue weighted by atomic mass is 10.2. The molecule has 1 unspecified atom stereocenters. The van der Waals surface area contributed by atoms with Crippen molar-refractivity contribution in [2.45, 2.75) is 39.5 Å². The second-order valence-electron chi connectivity index (χ2n) is 3.80. The lowest BCUT2D eigenvalue weighted by Crippen LogP contribution is -2.27. The minimum absolute atomic E-state index is 0.0434. The Balaban J connectivity index is 2.99. The first-order valence-corrected chi connectivity index (χ1v) is 5.13. The van der Waals surface area contributed by atoms with Crippen LogP contribution in [0.3, 0.4) is 0 Å². The van der Waals surface area contributed by atoms with Gasteiger partial charge in [0, 0.05) is 24.3 Å². The molecule has 15 heavy (non-hydrogen) atoms. The summed E-state index contributed by atoms with van der Waals surface area (Å²) in [5.74, 6) is 0. The molecule has 3 N–H and O–H groups in total. The predicted octanol–water partition coefficient (Wildman–Crippen LogP) is 0.386.